The predicted octanol–water partition coefficient (Wildman–Crippen LogP) is 10.6. The smallest absolute Gasteiger partial charge is 0.506 e. The average molecular weight is 808 g/mol. The summed E-state index contributed by atoms with van der Waals surface area (Å²) in [5.41, 5.74) is 1.47. The molecule has 8 rings (SSSR count). The number of phenols is 1. The number of phenolic OH excluding ortho intramolecular Hbond substituents is 1. The first-order valence-corrected chi connectivity index (χ1v) is 21.2. The van der Waals surface area contributed by atoms with Gasteiger partial charge in [-0.3, -0.25) is 14.2 Å². The van der Waals surface area contributed by atoms with Crippen LogP contribution in [0.5, 0.6) is 5.75 Å². The Bertz CT molecular complexity index is 2830. The van der Waals surface area contributed by atoms with E-state index in [2.05, 4.69) is 10.6 Å². The Balaban J connectivity index is 0.000000172. The number of benzene rings is 6. The van der Waals surface area contributed by atoms with Crippen molar-refractivity contribution in [3.63, 3.8) is 0 Å². The highest BCUT2D eigenvalue weighted by Crippen LogP contribution is 2.54. The standard InChI is InChI=1S/C21H17ClNO4P.C21H16NO5P/c1-28(25,26)20(18-12-27-19-9-7-15(22)11-17(18)19)21(24)23-16-8-6-13-4-2-3-5-14(13)10-16;23-18-6-3-7-19-20(18)16(11-27-19)17(12-28(25)26)21(24)22-15-9-8-13-4-1-2-5-14(13)10-15/h2-12,20H,1H3,(H,23,24)(H,25,26);1-11,17H,12H2,(H2-,22,23,24,25,26)/p+1. The highest BCUT2D eigenvalue weighted by molar-refractivity contribution is 7.58. The van der Waals surface area contributed by atoms with Crippen molar-refractivity contribution in [2.24, 2.45) is 0 Å². The third-order valence-corrected chi connectivity index (χ3v) is 11.6. The number of halogens is 1. The second-order valence-electron chi connectivity index (χ2n) is 13.2. The molecule has 0 aliphatic rings. The van der Waals surface area contributed by atoms with E-state index in [4.69, 9.17) is 20.4 Å². The largest absolute Gasteiger partial charge is 0.507 e. The van der Waals surface area contributed by atoms with E-state index in [1.165, 1.54) is 25.3 Å². The molecule has 2 heterocycles. The van der Waals surface area contributed by atoms with Crippen LogP contribution in [0.15, 0.2) is 143 Å². The highest BCUT2D eigenvalue weighted by Gasteiger charge is 2.37. The summed E-state index contributed by atoms with van der Waals surface area (Å²) in [6.45, 7) is 1.17. The number of fused-ring (bicyclic) bond motifs is 4. The van der Waals surface area contributed by atoms with Crippen molar-refractivity contribution < 1.29 is 42.4 Å². The van der Waals surface area contributed by atoms with E-state index in [-0.39, 0.29) is 11.9 Å². The topological polar surface area (TPSA) is 179 Å². The van der Waals surface area contributed by atoms with Gasteiger partial charge in [0.15, 0.2) is 6.16 Å². The average Bonchev–Trinajstić information content (AvgIpc) is 3.78. The Labute approximate surface area is 325 Å². The number of aromatic hydroxyl groups is 1. The van der Waals surface area contributed by atoms with Crippen molar-refractivity contribution in [3.05, 3.63) is 150 Å². The number of amides is 2. The summed E-state index contributed by atoms with van der Waals surface area (Å²) in [7, 11) is -6.42. The fourth-order valence-electron chi connectivity index (χ4n) is 6.65. The number of nitrogens with one attached hydrogen (secondary N) is 2. The molecule has 0 saturated carbocycles. The van der Waals surface area contributed by atoms with E-state index < -0.39 is 38.8 Å². The van der Waals surface area contributed by atoms with Gasteiger partial charge in [0.05, 0.1) is 17.9 Å². The van der Waals surface area contributed by atoms with Gasteiger partial charge in [0.1, 0.15) is 28.5 Å². The molecule has 2 amide bonds. The zero-order valence-electron chi connectivity index (χ0n) is 29.6. The molecule has 0 fully saturated rings. The molecule has 282 valence electrons. The molecular weight excluding hydrogens is 774 g/mol. The first-order valence-electron chi connectivity index (χ1n) is 17.2. The van der Waals surface area contributed by atoms with Gasteiger partial charge < -0.3 is 29.5 Å². The number of carbonyl (C=O) groups excluding carboxylic acids is 2. The summed E-state index contributed by atoms with van der Waals surface area (Å²) in [5, 5.41) is 21.1. The van der Waals surface area contributed by atoms with Crippen molar-refractivity contribution in [2.45, 2.75) is 11.6 Å². The lowest BCUT2D eigenvalue weighted by molar-refractivity contribution is -0.117. The number of furan rings is 2. The van der Waals surface area contributed by atoms with Crippen LogP contribution in [0.3, 0.4) is 0 Å². The molecule has 14 heteroatoms. The molecule has 0 aliphatic carbocycles. The van der Waals surface area contributed by atoms with Crippen LogP contribution in [0, 0.1) is 0 Å². The fourth-order valence-corrected chi connectivity index (χ4v) is 8.72. The zero-order valence-corrected chi connectivity index (χ0v) is 32.2. The molecule has 56 heavy (non-hydrogen) atoms. The number of anilines is 2. The Morgan fingerprint density at radius 1 is 0.732 bits per heavy atom. The maximum atomic E-state index is 13.0. The van der Waals surface area contributed by atoms with Gasteiger partial charge in [-0.05, 0) is 80.7 Å². The van der Waals surface area contributed by atoms with Crippen molar-refractivity contribution in [1.82, 2.24) is 0 Å². The van der Waals surface area contributed by atoms with Gasteiger partial charge in [-0.25, -0.2) is 0 Å². The van der Waals surface area contributed by atoms with Crippen molar-refractivity contribution in [3.8, 4) is 5.75 Å². The summed E-state index contributed by atoms with van der Waals surface area (Å²) in [6, 6.07) is 36.2. The Morgan fingerprint density at radius 3 is 1.91 bits per heavy atom. The lowest BCUT2D eigenvalue weighted by atomic mass is 9.98. The molecule has 8 aromatic rings. The van der Waals surface area contributed by atoms with Gasteiger partial charge >= 0.3 is 8.03 Å². The van der Waals surface area contributed by atoms with Gasteiger partial charge in [0, 0.05) is 39.6 Å². The lowest BCUT2D eigenvalue weighted by Gasteiger charge is -2.19. The van der Waals surface area contributed by atoms with E-state index in [1.54, 1.807) is 42.5 Å². The molecule has 6 aromatic carbocycles. The molecule has 0 aliphatic heterocycles. The Kier molecular flexibility index (Phi) is 11.1. The summed E-state index contributed by atoms with van der Waals surface area (Å²) in [6.07, 6.45) is 2.42. The van der Waals surface area contributed by atoms with Crippen LogP contribution in [-0.4, -0.2) is 39.5 Å². The summed E-state index contributed by atoms with van der Waals surface area (Å²) in [4.78, 5) is 45.7. The number of hydrogen-bond donors (Lipinski definition) is 5. The van der Waals surface area contributed by atoms with E-state index in [1.807, 2.05) is 72.8 Å². The summed E-state index contributed by atoms with van der Waals surface area (Å²) < 4.78 is 35.0. The Hall–Kier alpha value is -5.80. The minimum Gasteiger partial charge on any atom is -0.507 e. The summed E-state index contributed by atoms with van der Waals surface area (Å²) >= 11 is 6.06. The molecule has 0 saturated heterocycles. The van der Waals surface area contributed by atoms with Crippen LogP contribution < -0.4 is 10.6 Å². The van der Waals surface area contributed by atoms with Crippen LogP contribution in [0.4, 0.5) is 11.4 Å². The molecule has 5 N–H and O–H groups in total. The number of carbonyl (C=O) groups is 2. The van der Waals surface area contributed by atoms with Crippen LogP contribution in [0.25, 0.3) is 43.5 Å². The predicted molar refractivity (Wildman–Crippen MR) is 220 cm³/mol. The molecule has 11 nitrogen and oxygen atoms in total. The fraction of sp³-hybridized carbons (Fsp3) is 0.0952. The van der Waals surface area contributed by atoms with Crippen LogP contribution in [0.2, 0.25) is 5.02 Å². The quantitative estimate of drug-likeness (QED) is 0.0887. The van der Waals surface area contributed by atoms with Gasteiger partial charge in [-0.15, -0.1) is 0 Å². The Morgan fingerprint density at radius 2 is 1.30 bits per heavy atom. The highest BCUT2D eigenvalue weighted by atomic mass is 35.5. The first kappa shape index (κ1) is 38.5. The van der Waals surface area contributed by atoms with Gasteiger partial charge in [0.25, 0.3) is 0 Å². The monoisotopic (exact) mass is 807 g/mol. The van der Waals surface area contributed by atoms with E-state index in [0.29, 0.717) is 49.5 Å². The van der Waals surface area contributed by atoms with Crippen LogP contribution >= 0.6 is 27.0 Å². The van der Waals surface area contributed by atoms with Gasteiger partial charge in [-0.1, -0.05) is 78.3 Å². The molecule has 0 bridgehead atoms. The molecule has 0 spiro atoms. The van der Waals surface area contributed by atoms with Crippen LogP contribution in [-0.2, 0) is 18.7 Å². The molecule has 0 radical (unpaired) electrons. The lowest BCUT2D eigenvalue weighted by Crippen LogP contribution is -2.23. The summed E-state index contributed by atoms with van der Waals surface area (Å²) in [5.74, 6) is -2.02. The van der Waals surface area contributed by atoms with Gasteiger partial charge in [-0.2, -0.15) is 4.89 Å². The second kappa shape index (κ2) is 16.1. The zero-order chi connectivity index (χ0) is 39.6. The van der Waals surface area contributed by atoms with Gasteiger partial charge in [0.2, 0.25) is 19.2 Å². The van der Waals surface area contributed by atoms with E-state index >= 15 is 0 Å². The molecule has 2 aromatic heterocycles. The minimum atomic E-state index is -3.84. The molecule has 4 atom stereocenters. The maximum Gasteiger partial charge on any atom is 0.506 e. The molecular formula is C42H34ClN2O9P2+. The third-order valence-electron chi connectivity index (χ3n) is 9.26. The first-order chi connectivity index (χ1) is 26.9. The SMILES string of the molecule is CP(=O)(O)C(C(=O)Nc1ccc2ccccc2c1)c1coc2ccc(Cl)cc12.O=C(Nc1ccc2ccccc2c1)C(C[P+](=O)O)c1coc2cccc(O)c12. The minimum absolute atomic E-state index is 0.0436. The van der Waals surface area contributed by atoms with E-state index in [9.17, 15) is 33.6 Å². The maximum absolute atomic E-state index is 13.0. The number of rotatable bonds is 9. The second-order valence-corrected chi connectivity index (χ2v) is 17.1. The normalized spacial score (nSPS) is 13.8. The van der Waals surface area contributed by atoms with Crippen molar-refractivity contribution >= 4 is 93.7 Å². The number of hydrogen-bond acceptors (Lipinski definition) is 7. The van der Waals surface area contributed by atoms with Crippen molar-refractivity contribution in [2.75, 3.05) is 23.5 Å². The van der Waals surface area contributed by atoms with Crippen LogP contribution in [0.1, 0.15) is 22.7 Å². The van der Waals surface area contributed by atoms with Crippen molar-refractivity contribution in [1.29, 1.82) is 0 Å². The van der Waals surface area contributed by atoms with E-state index in [0.717, 1.165) is 21.5 Å². The molecule has 4 unspecified atom stereocenters. The third kappa shape index (κ3) is 8.38.